The van der Waals surface area contributed by atoms with E-state index in [9.17, 15) is 9.59 Å². The van der Waals surface area contributed by atoms with Crippen LogP contribution in [0.5, 0.6) is 17.2 Å². The predicted octanol–water partition coefficient (Wildman–Crippen LogP) is 4.60. The summed E-state index contributed by atoms with van der Waals surface area (Å²) in [5.41, 5.74) is 1.60. The molecule has 0 aliphatic carbocycles. The molecule has 30 heavy (non-hydrogen) atoms. The van der Waals surface area contributed by atoms with Crippen LogP contribution in [0, 0.1) is 6.92 Å². The van der Waals surface area contributed by atoms with Crippen molar-refractivity contribution in [2.45, 2.75) is 6.92 Å². The van der Waals surface area contributed by atoms with Gasteiger partial charge in [-0.2, -0.15) is 0 Å². The van der Waals surface area contributed by atoms with E-state index >= 15 is 0 Å². The smallest absolute Gasteiger partial charge is 0.379 e. The maximum Gasteiger partial charge on any atom is 0.379 e. The third-order valence-electron chi connectivity index (χ3n) is 4.74. The van der Waals surface area contributed by atoms with Crippen molar-refractivity contribution in [2.24, 2.45) is 0 Å². The van der Waals surface area contributed by atoms with Gasteiger partial charge in [0.05, 0.1) is 26.0 Å². The zero-order valence-electron chi connectivity index (χ0n) is 16.6. The Bertz CT molecular complexity index is 1280. The molecule has 0 saturated carbocycles. The maximum atomic E-state index is 12.7. The lowest BCUT2D eigenvalue weighted by atomic mass is 9.99. The monoisotopic (exact) mass is 406 g/mol. The van der Waals surface area contributed by atoms with E-state index in [0.717, 1.165) is 0 Å². The van der Waals surface area contributed by atoms with Crippen LogP contribution in [0.15, 0.2) is 68.4 Å². The molecule has 0 fully saturated rings. The summed E-state index contributed by atoms with van der Waals surface area (Å²) in [4.78, 5) is 24.8. The van der Waals surface area contributed by atoms with E-state index in [1.807, 2.05) is 6.92 Å². The minimum atomic E-state index is -0.616. The first-order valence-electron chi connectivity index (χ1n) is 9.07. The van der Waals surface area contributed by atoms with Gasteiger partial charge >= 0.3 is 11.6 Å². The highest BCUT2D eigenvalue weighted by Gasteiger charge is 2.17. The Morgan fingerprint density at radius 1 is 0.967 bits per heavy atom. The van der Waals surface area contributed by atoms with E-state index in [-0.39, 0.29) is 5.76 Å². The van der Waals surface area contributed by atoms with Crippen LogP contribution in [0.2, 0.25) is 0 Å². The lowest BCUT2D eigenvalue weighted by Crippen LogP contribution is -2.08. The minimum Gasteiger partial charge on any atom is -0.493 e. The van der Waals surface area contributed by atoms with Gasteiger partial charge in [-0.3, -0.25) is 0 Å². The number of hydrogen-bond donors (Lipinski definition) is 0. The Hall–Kier alpha value is -4.00. The third kappa shape index (κ3) is 3.41. The van der Waals surface area contributed by atoms with Gasteiger partial charge < -0.3 is 23.0 Å². The molecule has 7 nitrogen and oxygen atoms in total. The van der Waals surface area contributed by atoms with Crippen LogP contribution in [-0.4, -0.2) is 20.2 Å². The quantitative estimate of drug-likeness (QED) is 0.272. The summed E-state index contributed by atoms with van der Waals surface area (Å²) in [6, 6.07) is 13.1. The number of carbonyl (C=O) groups is 1. The summed E-state index contributed by atoms with van der Waals surface area (Å²) in [7, 11) is 3.07. The second-order valence-electron chi connectivity index (χ2n) is 6.48. The first-order valence-corrected chi connectivity index (χ1v) is 9.07. The molecule has 0 aliphatic rings. The molecule has 0 atom stereocenters. The van der Waals surface area contributed by atoms with Gasteiger partial charge in [0, 0.05) is 5.39 Å². The van der Waals surface area contributed by atoms with Crippen molar-refractivity contribution in [3.05, 3.63) is 76.5 Å². The van der Waals surface area contributed by atoms with Gasteiger partial charge in [-0.05, 0) is 60.5 Å². The molecule has 0 unspecified atom stereocenters. The Balaban J connectivity index is 1.80. The molecular weight excluding hydrogens is 388 g/mol. The van der Waals surface area contributed by atoms with Crippen molar-refractivity contribution in [2.75, 3.05) is 14.2 Å². The number of carbonyl (C=O) groups excluding carboxylic acids is 1. The molecule has 0 bridgehead atoms. The Labute approximate surface area is 171 Å². The molecule has 2 aromatic carbocycles. The fraction of sp³-hybridized carbons (Fsp3) is 0.130. The lowest BCUT2D eigenvalue weighted by molar-refractivity contribution is 0.0701. The summed E-state index contributed by atoms with van der Waals surface area (Å²) in [6.07, 6.45) is 1.39. The van der Waals surface area contributed by atoms with Crippen molar-refractivity contribution in [1.82, 2.24) is 0 Å². The van der Waals surface area contributed by atoms with Gasteiger partial charge in [0.25, 0.3) is 0 Å². The molecule has 2 heterocycles. The first-order chi connectivity index (χ1) is 14.5. The largest absolute Gasteiger partial charge is 0.493 e. The van der Waals surface area contributed by atoms with Crippen LogP contribution >= 0.6 is 0 Å². The molecule has 0 aliphatic heterocycles. The third-order valence-corrected chi connectivity index (χ3v) is 4.74. The van der Waals surface area contributed by atoms with Gasteiger partial charge in [0.2, 0.25) is 5.76 Å². The molecule has 2 aromatic heterocycles. The number of hydrogen-bond acceptors (Lipinski definition) is 7. The lowest BCUT2D eigenvalue weighted by Gasteiger charge is -2.12. The molecule has 0 N–H and O–H groups in total. The van der Waals surface area contributed by atoms with Crippen molar-refractivity contribution < 1.29 is 27.8 Å². The zero-order valence-corrected chi connectivity index (χ0v) is 16.6. The van der Waals surface area contributed by atoms with Crippen molar-refractivity contribution >= 4 is 16.9 Å². The van der Waals surface area contributed by atoms with Gasteiger partial charge in [0.1, 0.15) is 11.3 Å². The number of methoxy groups -OCH3 is 2. The van der Waals surface area contributed by atoms with Crippen LogP contribution in [0.3, 0.4) is 0 Å². The SMILES string of the molecule is COc1ccc(-c2c(C)c3cc(OC(=O)c4ccco4)ccc3oc2=O)cc1OC. The van der Waals surface area contributed by atoms with E-state index in [1.165, 1.54) is 19.4 Å². The van der Waals surface area contributed by atoms with E-state index in [4.69, 9.17) is 23.0 Å². The molecule has 0 amide bonds. The fourth-order valence-corrected chi connectivity index (χ4v) is 3.27. The van der Waals surface area contributed by atoms with Crippen molar-refractivity contribution in [3.8, 4) is 28.4 Å². The van der Waals surface area contributed by atoms with Crippen LogP contribution in [0.25, 0.3) is 22.1 Å². The second-order valence-corrected chi connectivity index (χ2v) is 6.48. The molecule has 152 valence electrons. The topological polar surface area (TPSA) is 88.1 Å². The Morgan fingerprint density at radius 3 is 2.47 bits per heavy atom. The summed E-state index contributed by atoms with van der Waals surface area (Å²) in [5, 5.41) is 0.643. The number of esters is 1. The fourth-order valence-electron chi connectivity index (χ4n) is 3.27. The predicted molar refractivity (Wildman–Crippen MR) is 109 cm³/mol. The molecule has 0 saturated heterocycles. The minimum absolute atomic E-state index is 0.0948. The van der Waals surface area contributed by atoms with E-state index in [0.29, 0.717) is 44.9 Å². The normalized spacial score (nSPS) is 10.8. The number of rotatable bonds is 5. The Kier molecular flexibility index (Phi) is 5.02. The zero-order chi connectivity index (χ0) is 21.3. The number of fused-ring (bicyclic) bond motifs is 1. The highest BCUT2D eigenvalue weighted by molar-refractivity contribution is 5.91. The molecule has 4 aromatic rings. The number of ether oxygens (including phenoxy) is 3. The summed E-state index contributed by atoms with van der Waals surface area (Å²) >= 11 is 0. The molecule has 7 heteroatoms. The molecule has 0 spiro atoms. The standard InChI is InChI=1S/C23H18O7/c1-13-16-12-15(29-22(24)19-5-4-10-28-19)7-9-17(16)30-23(25)21(13)14-6-8-18(26-2)20(11-14)27-3/h4-12H,1-3H3. The van der Waals surface area contributed by atoms with Crippen molar-refractivity contribution in [3.63, 3.8) is 0 Å². The number of benzene rings is 2. The average Bonchev–Trinajstić information content (AvgIpc) is 3.29. The average molecular weight is 406 g/mol. The molecule has 4 rings (SSSR count). The molecule has 0 radical (unpaired) electrons. The highest BCUT2D eigenvalue weighted by Crippen LogP contribution is 2.34. The Morgan fingerprint density at radius 2 is 1.77 bits per heavy atom. The van der Waals surface area contributed by atoms with Crippen LogP contribution in [0.4, 0.5) is 0 Å². The second kappa shape index (κ2) is 7.79. The van der Waals surface area contributed by atoms with Gasteiger partial charge in [0.15, 0.2) is 11.5 Å². The van der Waals surface area contributed by atoms with E-state index in [1.54, 1.807) is 49.6 Å². The summed E-state index contributed by atoms with van der Waals surface area (Å²) in [6.45, 7) is 1.81. The van der Waals surface area contributed by atoms with E-state index in [2.05, 4.69) is 0 Å². The van der Waals surface area contributed by atoms with E-state index < -0.39 is 11.6 Å². The maximum absolute atomic E-state index is 12.7. The van der Waals surface area contributed by atoms with Gasteiger partial charge in [-0.1, -0.05) is 6.07 Å². The van der Waals surface area contributed by atoms with Gasteiger partial charge in [-0.25, -0.2) is 9.59 Å². The van der Waals surface area contributed by atoms with Crippen LogP contribution in [0.1, 0.15) is 16.1 Å². The van der Waals surface area contributed by atoms with Crippen LogP contribution < -0.4 is 19.8 Å². The summed E-state index contributed by atoms with van der Waals surface area (Å²) < 4.78 is 26.5. The van der Waals surface area contributed by atoms with Crippen molar-refractivity contribution in [1.29, 1.82) is 0 Å². The summed E-state index contributed by atoms with van der Waals surface area (Å²) in [5.74, 6) is 0.831. The number of furan rings is 1. The molecular formula is C23H18O7. The van der Waals surface area contributed by atoms with Crippen LogP contribution in [-0.2, 0) is 0 Å². The highest BCUT2D eigenvalue weighted by atomic mass is 16.5. The number of aryl methyl sites for hydroxylation is 1. The first kappa shape index (κ1) is 19.3. The van der Waals surface area contributed by atoms with Gasteiger partial charge in [-0.15, -0.1) is 0 Å².